The average molecular weight is 514 g/mol. The van der Waals surface area contributed by atoms with Gasteiger partial charge in [-0.2, -0.15) is 0 Å². The molecule has 0 amide bonds. The van der Waals surface area contributed by atoms with Gasteiger partial charge in [0.05, 0.1) is 19.3 Å². The molecule has 0 fully saturated rings. The SMILES string of the molecule is COC(=O)c1ccc(C=C(CCOc2cccc3ccccc23)CNc2ccc(-c3ccccc3)cc2)cc1. The molecule has 0 radical (unpaired) electrons. The predicted octanol–water partition coefficient (Wildman–Crippen LogP) is 8.26. The van der Waals surface area contributed by atoms with Crippen LogP contribution in [0.3, 0.4) is 0 Å². The third-order valence-corrected chi connectivity index (χ3v) is 6.64. The molecule has 0 heterocycles. The number of carbonyl (C=O) groups excluding carboxylic acids is 1. The van der Waals surface area contributed by atoms with Crippen molar-refractivity contribution in [2.45, 2.75) is 6.42 Å². The molecular formula is C35H31NO3. The van der Waals surface area contributed by atoms with Gasteiger partial charge in [-0.3, -0.25) is 0 Å². The van der Waals surface area contributed by atoms with E-state index in [4.69, 9.17) is 9.47 Å². The Labute approximate surface area is 229 Å². The van der Waals surface area contributed by atoms with E-state index in [-0.39, 0.29) is 5.97 Å². The van der Waals surface area contributed by atoms with Crippen LogP contribution in [0.15, 0.2) is 127 Å². The van der Waals surface area contributed by atoms with Crippen LogP contribution in [0.2, 0.25) is 0 Å². The molecule has 194 valence electrons. The molecule has 0 atom stereocenters. The Balaban J connectivity index is 1.30. The molecule has 4 heteroatoms. The third-order valence-electron chi connectivity index (χ3n) is 6.64. The second-order valence-corrected chi connectivity index (χ2v) is 9.29. The van der Waals surface area contributed by atoms with Gasteiger partial charge >= 0.3 is 5.97 Å². The Morgan fingerprint density at radius 1 is 0.744 bits per heavy atom. The van der Waals surface area contributed by atoms with Crippen LogP contribution >= 0.6 is 0 Å². The van der Waals surface area contributed by atoms with Gasteiger partial charge in [0.15, 0.2) is 0 Å². The second kappa shape index (κ2) is 12.6. The smallest absolute Gasteiger partial charge is 0.337 e. The van der Waals surface area contributed by atoms with Crippen molar-refractivity contribution < 1.29 is 14.3 Å². The van der Waals surface area contributed by atoms with Crippen molar-refractivity contribution in [2.24, 2.45) is 0 Å². The first kappa shape index (κ1) is 25.8. The standard InChI is InChI=1S/C35H31NO3/c1-38-35(37)31-16-14-26(15-17-31)24-27(22-23-39-34-13-7-11-30-10-5-6-12-33(30)34)25-36-32-20-18-29(19-21-32)28-8-3-2-4-9-28/h2-21,24,36H,22-23,25H2,1H3. The van der Waals surface area contributed by atoms with Gasteiger partial charge in [0, 0.05) is 24.0 Å². The molecule has 0 aliphatic rings. The molecule has 0 unspecified atom stereocenters. The summed E-state index contributed by atoms with van der Waals surface area (Å²) in [7, 11) is 1.39. The molecule has 0 saturated carbocycles. The fourth-order valence-corrected chi connectivity index (χ4v) is 4.52. The second-order valence-electron chi connectivity index (χ2n) is 9.29. The van der Waals surface area contributed by atoms with Gasteiger partial charge < -0.3 is 14.8 Å². The number of methoxy groups -OCH3 is 1. The summed E-state index contributed by atoms with van der Waals surface area (Å²) in [4.78, 5) is 11.8. The largest absolute Gasteiger partial charge is 0.493 e. The van der Waals surface area contributed by atoms with Gasteiger partial charge in [0.1, 0.15) is 5.75 Å². The molecule has 0 saturated heterocycles. The lowest BCUT2D eigenvalue weighted by molar-refractivity contribution is 0.0600. The Kier molecular flexibility index (Phi) is 8.35. The van der Waals surface area contributed by atoms with E-state index >= 15 is 0 Å². The Hall–Kier alpha value is -4.83. The summed E-state index contributed by atoms with van der Waals surface area (Å²) in [6.07, 6.45) is 2.90. The number of ether oxygens (including phenoxy) is 2. The van der Waals surface area contributed by atoms with Crippen LogP contribution in [0.4, 0.5) is 5.69 Å². The highest BCUT2D eigenvalue weighted by atomic mass is 16.5. The lowest BCUT2D eigenvalue weighted by Gasteiger charge is -2.14. The molecule has 0 aliphatic heterocycles. The fourth-order valence-electron chi connectivity index (χ4n) is 4.52. The molecule has 0 aliphatic carbocycles. The van der Waals surface area contributed by atoms with Gasteiger partial charge in [-0.25, -0.2) is 4.79 Å². The van der Waals surface area contributed by atoms with Gasteiger partial charge in [-0.15, -0.1) is 0 Å². The quantitative estimate of drug-likeness (QED) is 0.191. The van der Waals surface area contributed by atoms with Gasteiger partial charge in [-0.1, -0.05) is 97.1 Å². The van der Waals surface area contributed by atoms with E-state index < -0.39 is 0 Å². The van der Waals surface area contributed by atoms with E-state index in [1.165, 1.54) is 23.8 Å². The molecule has 39 heavy (non-hydrogen) atoms. The highest BCUT2D eigenvalue weighted by Crippen LogP contribution is 2.26. The topological polar surface area (TPSA) is 47.6 Å². The van der Waals surface area contributed by atoms with Crippen LogP contribution in [0, 0.1) is 0 Å². The zero-order valence-electron chi connectivity index (χ0n) is 22.0. The lowest BCUT2D eigenvalue weighted by atomic mass is 10.0. The van der Waals surface area contributed by atoms with Gasteiger partial charge in [0.2, 0.25) is 0 Å². The molecule has 0 spiro atoms. The zero-order valence-corrected chi connectivity index (χ0v) is 22.0. The van der Waals surface area contributed by atoms with Crippen molar-refractivity contribution in [1.82, 2.24) is 0 Å². The van der Waals surface area contributed by atoms with Crippen molar-refractivity contribution in [3.63, 3.8) is 0 Å². The molecule has 0 bridgehead atoms. The van der Waals surface area contributed by atoms with E-state index in [2.05, 4.69) is 78.1 Å². The summed E-state index contributed by atoms with van der Waals surface area (Å²) in [5.74, 6) is 0.550. The highest BCUT2D eigenvalue weighted by Gasteiger charge is 2.07. The highest BCUT2D eigenvalue weighted by molar-refractivity contribution is 5.89. The maximum Gasteiger partial charge on any atom is 0.337 e. The van der Waals surface area contributed by atoms with Crippen LogP contribution in [0.25, 0.3) is 28.0 Å². The fraction of sp³-hybridized carbons (Fsp3) is 0.114. The zero-order chi connectivity index (χ0) is 26.9. The number of hydrogen-bond acceptors (Lipinski definition) is 4. The first-order chi connectivity index (χ1) is 19.2. The molecule has 4 nitrogen and oxygen atoms in total. The van der Waals surface area contributed by atoms with Crippen molar-refractivity contribution in [3.8, 4) is 16.9 Å². The third kappa shape index (κ3) is 6.74. The first-order valence-electron chi connectivity index (χ1n) is 13.1. The maximum absolute atomic E-state index is 11.8. The summed E-state index contributed by atoms with van der Waals surface area (Å²) in [6, 6.07) is 40.7. The summed E-state index contributed by atoms with van der Waals surface area (Å²) in [5.41, 5.74) is 6.18. The van der Waals surface area contributed by atoms with Crippen LogP contribution in [0.5, 0.6) is 5.75 Å². The number of rotatable bonds is 10. The summed E-state index contributed by atoms with van der Waals surface area (Å²) in [6.45, 7) is 1.22. The number of benzene rings is 5. The number of hydrogen-bond donors (Lipinski definition) is 1. The Morgan fingerprint density at radius 3 is 2.21 bits per heavy atom. The summed E-state index contributed by atoms with van der Waals surface area (Å²) < 4.78 is 11.1. The van der Waals surface area contributed by atoms with E-state index in [0.717, 1.165) is 34.2 Å². The minimum Gasteiger partial charge on any atom is -0.493 e. The summed E-state index contributed by atoms with van der Waals surface area (Å²) in [5, 5.41) is 5.84. The van der Waals surface area contributed by atoms with Crippen molar-refractivity contribution >= 4 is 28.5 Å². The number of esters is 1. The number of anilines is 1. The average Bonchev–Trinajstić information content (AvgIpc) is 3.00. The molecule has 5 aromatic rings. The maximum atomic E-state index is 11.8. The molecule has 5 rings (SSSR count). The normalized spacial score (nSPS) is 11.3. The number of carbonyl (C=O) groups is 1. The Morgan fingerprint density at radius 2 is 1.44 bits per heavy atom. The van der Waals surface area contributed by atoms with Gasteiger partial charge in [-0.05, 0) is 58.0 Å². The molecular weight excluding hydrogens is 482 g/mol. The lowest BCUT2D eigenvalue weighted by Crippen LogP contribution is -2.09. The van der Waals surface area contributed by atoms with Crippen molar-refractivity contribution in [2.75, 3.05) is 25.6 Å². The van der Waals surface area contributed by atoms with Crippen LogP contribution in [-0.4, -0.2) is 26.2 Å². The first-order valence-corrected chi connectivity index (χ1v) is 13.1. The monoisotopic (exact) mass is 513 g/mol. The van der Waals surface area contributed by atoms with Crippen LogP contribution in [-0.2, 0) is 4.74 Å². The van der Waals surface area contributed by atoms with Crippen molar-refractivity contribution in [1.29, 1.82) is 0 Å². The number of nitrogens with one attached hydrogen (secondary N) is 1. The van der Waals surface area contributed by atoms with Crippen LogP contribution in [0.1, 0.15) is 22.3 Å². The van der Waals surface area contributed by atoms with Crippen molar-refractivity contribution in [3.05, 3.63) is 138 Å². The molecule has 1 N–H and O–H groups in total. The van der Waals surface area contributed by atoms with E-state index in [1.54, 1.807) is 12.1 Å². The Bertz CT molecular complexity index is 1550. The minimum absolute atomic E-state index is 0.338. The van der Waals surface area contributed by atoms with Gasteiger partial charge in [0.25, 0.3) is 0 Å². The predicted molar refractivity (Wildman–Crippen MR) is 160 cm³/mol. The minimum atomic E-state index is -0.338. The van der Waals surface area contributed by atoms with Crippen LogP contribution < -0.4 is 10.1 Å². The van der Waals surface area contributed by atoms with E-state index in [1.807, 2.05) is 42.5 Å². The van der Waals surface area contributed by atoms with E-state index in [9.17, 15) is 4.79 Å². The van der Waals surface area contributed by atoms with E-state index in [0.29, 0.717) is 18.7 Å². The molecule has 0 aromatic heterocycles. The molecule has 5 aromatic carbocycles. The summed E-state index contributed by atoms with van der Waals surface area (Å²) >= 11 is 0. The number of fused-ring (bicyclic) bond motifs is 1.